The van der Waals surface area contributed by atoms with E-state index in [0.29, 0.717) is 0 Å². The van der Waals surface area contributed by atoms with E-state index in [1.54, 1.807) is 0 Å². The maximum atomic E-state index is 4.10. The summed E-state index contributed by atoms with van der Waals surface area (Å²) in [5.74, 6) is 0. The van der Waals surface area contributed by atoms with E-state index in [1.165, 1.54) is 5.56 Å². The van der Waals surface area contributed by atoms with Crippen molar-refractivity contribution >= 4 is 22.0 Å². The molecule has 0 saturated heterocycles. The molecule has 1 nitrogen and oxygen atoms in total. The van der Waals surface area contributed by atoms with Gasteiger partial charge in [-0.1, -0.05) is 28.1 Å². The zero-order valence-corrected chi connectivity index (χ0v) is 8.01. The van der Waals surface area contributed by atoms with E-state index >= 15 is 0 Å². The molecule has 0 N–H and O–H groups in total. The molecule has 0 aliphatic carbocycles. The number of halogens is 1. The van der Waals surface area contributed by atoms with Gasteiger partial charge in [0.1, 0.15) is 0 Å². The molecule has 58 valence electrons. The molecule has 0 bridgehead atoms. The third-order valence-electron chi connectivity index (χ3n) is 1.32. The van der Waals surface area contributed by atoms with Crippen LogP contribution in [0.15, 0.2) is 24.4 Å². The first-order chi connectivity index (χ1) is 5.33. The van der Waals surface area contributed by atoms with Crippen LogP contribution in [0.4, 0.5) is 0 Å². The quantitative estimate of drug-likeness (QED) is 0.687. The third-order valence-corrected chi connectivity index (χ3v) is 1.69. The molecule has 0 radical (unpaired) electrons. The van der Waals surface area contributed by atoms with Crippen molar-refractivity contribution in [3.8, 4) is 0 Å². The number of hydrogen-bond acceptors (Lipinski definition) is 1. The molecule has 1 heterocycles. The van der Waals surface area contributed by atoms with Crippen molar-refractivity contribution in [3.63, 3.8) is 0 Å². The number of allylic oxidation sites excluding steroid dienone is 1. The van der Waals surface area contributed by atoms with Crippen LogP contribution in [-0.2, 0) is 0 Å². The average molecular weight is 212 g/mol. The monoisotopic (exact) mass is 211 g/mol. The fourth-order valence-electron chi connectivity index (χ4n) is 0.852. The molecule has 0 saturated carbocycles. The lowest BCUT2D eigenvalue weighted by atomic mass is 10.2. The molecular weight excluding hydrogens is 202 g/mol. The minimum atomic E-state index is 0.897. The van der Waals surface area contributed by atoms with Gasteiger partial charge >= 0.3 is 0 Å². The van der Waals surface area contributed by atoms with E-state index in [9.17, 15) is 0 Å². The van der Waals surface area contributed by atoms with Crippen LogP contribution in [0.2, 0.25) is 0 Å². The predicted octanol–water partition coefficient (Wildman–Crippen LogP) is 2.80. The number of aromatic nitrogens is 1. The smallest absolute Gasteiger partial charge is 0.0378 e. The molecule has 0 aromatic carbocycles. The summed E-state index contributed by atoms with van der Waals surface area (Å²) < 4.78 is 0. The van der Waals surface area contributed by atoms with Gasteiger partial charge in [0.25, 0.3) is 0 Å². The summed E-state index contributed by atoms with van der Waals surface area (Å²) in [6.07, 6.45) is 5.96. The summed E-state index contributed by atoms with van der Waals surface area (Å²) in [4.78, 5) is 4.10. The van der Waals surface area contributed by atoms with Crippen LogP contribution in [0.5, 0.6) is 0 Å². The summed E-state index contributed by atoms with van der Waals surface area (Å²) in [5, 5.41) is 0.897. The minimum absolute atomic E-state index is 0.897. The van der Waals surface area contributed by atoms with Crippen LogP contribution in [0.1, 0.15) is 11.3 Å². The topological polar surface area (TPSA) is 12.9 Å². The van der Waals surface area contributed by atoms with Gasteiger partial charge in [-0.25, -0.2) is 0 Å². The number of pyridine rings is 1. The second-order valence-electron chi connectivity index (χ2n) is 2.29. The van der Waals surface area contributed by atoms with Crippen molar-refractivity contribution in [2.45, 2.75) is 6.92 Å². The lowest BCUT2D eigenvalue weighted by Gasteiger charge is -1.93. The van der Waals surface area contributed by atoms with Crippen LogP contribution in [0, 0.1) is 6.92 Å². The number of rotatable bonds is 2. The van der Waals surface area contributed by atoms with Gasteiger partial charge < -0.3 is 0 Å². The molecule has 1 aromatic rings. The van der Waals surface area contributed by atoms with Crippen molar-refractivity contribution in [1.29, 1.82) is 0 Å². The van der Waals surface area contributed by atoms with Crippen molar-refractivity contribution < 1.29 is 0 Å². The predicted molar refractivity (Wildman–Crippen MR) is 51.8 cm³/mol. The Hall–Kier alpha value is -0.630. The zero-order valence-electron chi connectivity index (χ0n) is 6.42. The Kier molecular flexibility index (Phi) is 3.30. The maximum absolute atomic E-state index is 4.10. The molecule has 0 aliphatic heterocycles. The Bertz CT molecular complexity index is 255. The van der Waals surface area contributed by atoms with Gasteiger partial charge in [-0.3, -0.25) is 4.98 Å². The second kappa shape index (κ2) is 4.29. The Labute approximate surface area is 75.3 Å². The van der Waals surface area contributed by atoms with Crippen molar-refractivity contribution in [2.24, 2.45) is 0 Å². The summed E-state index contributed by atoms with van der Waals surface area (Å²) >= 11 is 3.32. The highest BCUT2D eigenvalue weighted by Gasteiger charge is 1.86. The minimum Gasteiger partial charge on any atom is -0.262 e. The van der Waals surface area contributed by atoms with E-state index in [1.807, 2.05) is 19.2 Å². The molecule has 0 amide bonds. The molecule has 0 fully saturated rings. The maximum Gasteiger partial charge on any atom is 0.0378 e. The van der Waals surface area contributed by atoms with E-state index in [-0.39, 0.29) is 0 Å². The van der Waals surface area contributed by atoms with E-state index in [4.69, 9.17) is 0 Å². The van der Waals surface area contributed by atoms with E-state index < -0.39 is 0 Å². The summed E-state index contributed by atoms with van der Waals surface area (Å²) in [6, 6.07) is 4.05. The molecule has 11 heavy (non-hydrogen) atoms. The average Bonchev–Trinajstić information content (AvgIpc) is 2.01. The van der Waals surface area contributed by atoms with Crippen LogP contribution in [-0.4, -0.2) is 10.3 Å². The van der Waals surface area contributed by atoms with Gasteiger partial charge in [0.2, 0.25) is 0 Å². The number of hydrogen-bond donors (Lipinski definition) is 0. The molecule has 2 heteroatoms. The fourth-order valence-corrected chi connectivity index (χ4v) is 1.04. The fraction of sp³-hybridized carbons (Fsp3) is 0.222. The molecule has 0 unspecified atom stereocenters. The SMILES string of the molecule is Cc1cc(C=CCBr)ccn1. The zero-order chi connectivity index (χ0) is 8.10. The van der Waals surface area contributed by atoms with Gasteiger partial charge in [0.05, 0.1) is 0 Å². The normalized spacial score (nSPS) is 10.7. The highest BCUT2D eigenvalue weighted by atomic mass is 79.9. The van der Waals surface area contributed by atoms with Crippen LogP contribution < -0.4 is 0 Å². The van der Waals surface area contributed by atoms with Crippen molar-refractivity contribution in [3.05, 3.63) is 35.7 Å². The van der Waals surface area contributed by atoms with Gasteiger partial charge in [0, 0.05) is 17.2 Å². The number of alkyl halides is 1. The first-order valence-electron chi connectivity index (χ1n) is 3.48. The molecule has 1 aromatic heterocycles. The number of aryl methyl sites for hydroxylation is 1. The van der Waals surface area contributed by atoms with Crippen LogP contribution in [0.3, 0.4) is 0 Å². The summed E-state index contributed by atoms with van der Waals surface area (Å²) in [7, 11) is 0. The molecule has 0 atom stereocenters. The molecule has 0 aliphatic rings. The van der Waals surface area contributed by atoms with Crippen LogP contribution in [0.25, 0.3) is 6.08 Å². The van der Waals surface area contributed by atoms with Gasteiger partial charge in [-0.05, 0) is 24.6 Å². The first-order valence-corrected chi connectivity index (χ1v) is 4.60. The van der Waals surface area contributed by atoms with Crippen molar-refractivity contribution in [1.82, 2.24) is 4.98 Å². The standard InChI is InChI=1S/C9H10BrN/c1-8-7-9(3-2-5-10)4-6-11-8/h2-4,6-7H,5H2,1H3. The Balaban J connectivity index is 2.79. The van der Waals surface area contributed by atoms with Gasteiger partial charge in [0.15, 0.2) is 0 Å². The molecular formula is C9H10BrN. The molecule has 0 spiro atoms. The third kappa shape index (κ3) is 2.85. The second-order valence-corrected chi connectivity index (χ2v) is 2.93. The Morgan fingerprint density at radius 3 is 3.09 bits per heavy atom. The molecule has 1 rings (SSSR count). The van der Waals surface area contributed by atoms with E-state index in [0.717, 1.165) is 11.0 Å². The number of nitrogens with zero attached hydrogens (tertiary/aromatic N) is 1. The Morgan fingerprint density at radius 1 is 1.64 bits per heavy atom. The van der Waals surface area contributed by atoms with E-state index in [2.05, 4.69) is 39.1 Å². The van der Waals surface area contributed by atoms with Crippen LogP contribution >= 0.6 is 15.9 Å². The highest BCUT2D eigenvalue weighted by Crippen LogP contribution is 2.02. The van der Waals surface area contributed by atoms with Gasteiger partial charge in [-0.15, -0.1) is 0 Å². The Morgan fingerprint density at radius 2 is 2.45 bits per heavy atom. The van der Waals surface area contributed by atoms with Crippen molar-refractivity contribution in [2.75, 3.05) is 5.33 Å². The summed E-state index contributed by atoms with van der Waals surface area (Å²) in [6.45, 7) is 1.99. The lowest BCUT2D eigenvalue weighted by molar-refractivity contribution is 1.20. The highest BCUT2D eigenvalue weighted by molar-refractivity contribution is 9.09. The first kappa shape index (κ1) is 8.47. The largest absolute Gasteiger partial charge is 0.262 e. The lowest BCUT2D eigenvalue weighted by Crippen LogP contribution is -1.79. The summed E-state index contributed by atoms with van der Waals surface area (Å²) in [5.41, 5.74) is 2.26. The van der Waals surface area contributed by atoms with Gasteiger partial charge in [-0.2, -0.15) is 0 Å².